The Bertz CT molecular complexity index is 862. The SMILES string of the molecule is CC1=CC(=O)c2cc(CCCOC3CCCCO3)cc(CCCOC3CCCCO3)c2C1=O. The second-order valence-corrected chi connectivity index (χ2v) is 9.24. The van der Waals surface area contributed by atoms with Gasteiger partial charge in [0.15, 0.2) is 24.1 Å². The fourth-order valence-electron chi connectivity index (χ4n) is 4.76. The highest BCUT2D eigenvalue weighted by Gasteiger charge is 2.27. The second-order valence-electron chi connectivity index (χ2n) is 9.24. The van der Waals surface area contributed by atoms with Crippen molar-refractivity contribution < 1.29 is 28.5 Å². The number of ether oxygens (including phenoxy) is 4. The Kier molecular flexibility index (Phi) is 8.84. The summed E-state index contributed by atoms with van der Waals surface area (Å²) in [7, 11) is 0. The number of aryl methyl sites for hydroxylation is 2. The highest BCUT2D eigenvalue weighted by molar-refractivity contribution is 6.25. The molecule has 1 aliphatic carbocycles. The molecule has 180 valence electrons. The number of ketones is 2. The average Bonchev–Trinajstić information content (AvgIpc) is 2.84. The maximum Gasteiger partial charge on any atom is 0.189 e. The van der Waals surface area contributed by atoms with Crippen LogP contribution in [0.1, 0.15) is 90.1 Å². The van der Waals surface area contributed by atoms with Gasteiger partial charge in [-0.05, 0) is 94.4 Å². The molecule has 2 aliphatic heterocycles. The van der Waals surface area contributed by atoms with Crippen LogP contribution in [0.15, 0.2) is 23.8 Å². The normalized spacial score (nSPS) is 23.4. The number of benzene rings is 1. The Morgan fingerprint density at radius 1 is 0.879 bits per heavy atom. The molecule has 1 aromatic rings. The van der Waals surface area contributed by atoms with Crippen molar-refractivity contribution in [1.82, 2.24) is 0 Å². The first-order chi connectivity index (χ1) is 16.1. The van der Waals surface area contributed by atoms with Crippen molar-refractivity contribution in [1.29, 1.82) is 0 Å². The van der Waals surface area contributed by atoms with Crippen LogP contribution in [0.25, 0.3) is 0 Å². The maximum absolute atomic E-state index is 12.9. The predicted molar refractivity (Wildman–Crippen MR) is 125 cm³/mol. The molecule has 6 nitrogen and oxygen atoms in total. The van der Waals surface area contributed by atoms with E-state index in [0.717, 1.165) is 82.1 Å². The highest BCUT2D eigenvalue weighted by Crippen LogP contribution is 2.28. The molecule has 6 heteroatoms. The van der Waals surface area contributed by atoms with Crippen molar-refractivity contribution in [2.45, 2.75) is 83.7 Å². The van der Waals surface area contributed by atoms with Crippen molar-refractivity contribution >= 4 is 11.6 Å². The first-order valence-electron chi connectivity index (χ1n) is 12.5. The van der Waals surface area contributed by atoms with E-state index in [-0.39, 0.29) is 24.1 Å². The molecule has 2 saturated heterocycles. The number of carbonyl (C=O) groups is 2. The molecule has 0 aromatic heterocycles. The molecule has 0 spiro atoms. The first-order valence-corrected chi connectivity index (χ1v) is 12.5. The van der Waals surface area contributed by atoms with E-state index in [1.165, 1.54) is 6.08 Å². The molecule has 2 atom stereocenters. The molecule has 2 fully saturated rings. The van der Waals surface area contributed by atoms with Gasteiger partial charge in [-0.3, -0.25) is 9.59 Å². The molecule has 0 amide bonds. The summed E-state index contributed by atoms with van der Waals surface area (Å²) in [6.45, 7) is 4.46. The molecule has 1 aromatic carbocycles. The van der Waals surface area contributed by atoms with Crippen molar-refractivity contribution in [2.75, 3.05) is 26.4 Å². The average molecular weight is 457 g/mol. The van der Waals surface area contributed by atoms with Gasteiger partial charge in [-0.15, -0.1) is 0 Å². The quantitative estimate of drug-likeness (QED) is 0.463. The van der Waals surface area contributed by atoms with Crippen LogP contribution in [0.2, 0.25) is 0 Å². The summed E-state index contributed by atoms with van der Waals surface area (Å²) >= 11 is 0. The molecular formula is C27H36O6. The van der Waals surface area contributed by atoms with Gasteiger partial charge in [-0.1, -0.05) is 6.07 Å². The zero-order valence-electron chi connectivity index (χ0n) is 19.7. The van der Waals surface area contributed by atoms with Crippen molar-refractivity contribution in [2.24, 2.45) is 0 Å². The Morgan fingerprint density at radius 3 is 2.12 bits per heavy atom. The van der Waals surface area contributed by atoms with Gasteiger partial charge >= 0.3 is 0 Å². The third kappa shape index (κ3) is 6.60. The Hall–Kier alpha value is -1.86. The van der Waals surface area contributed by atoms with Gasteiger partial charge in [0.25, 0.3) is 0 Å². The van der Waals surface area contributed by atoms with E-state index in [1.807, 2.05) is 6.07 Å². The second kappa shape index (κ2) is 12.0. The van der Waals surface area contributed by atoms with E-state index in [2.05, 4.69) is 6.07 Å². The summed E-state index contributed by atoms with van der Waals surface area (Å²) in [5.41, 5.74) is 3.63. The van der Waals surface area contributed by atoms with E-state index >= 15 is 0 Å². The third-order valence-corrected chi connectivity index (χ3v) is 6.56. The van der Waals surface area contributed by atoms with Crippen LogP contribution in [-0.2, 0) is 31.8 Å². The summed E-state index contributed by atoms with van der Waals surface area (Å²) in [4.78, 5) is 25.6. The molecule has 0 bridgehead atoms. The molecule has 2 heterocycles. The van der Waals surface area contributed by atoms with Gasteiger partial charge in [0.2, 0.25) is 0 Å². The molecule has 2 unspecified atom stereocenters. The minimum atomic E-state index is -0.111. The molecule has 33 heavy (non-hydrogen) atoms. The molecule has 3 aliphatic rings. The standard InChI is InChI=1S/C27H36O6/c1-19-16-23(28)22-18-20(8-6-14-32-24-10-2-4-12-30-24)17-21(26(22)27(19)29)9-7-15-33-25-11-3-5-13-31-25/h16-18,24-25H,2-15H2,1H3. The number of hydrogen-bond acceptors (Lipinski definition) is 6. The lowest BCUT2D eigenvalue weighted by atomic mass is 9.83. The van der Waals surface area contributed by atoms with Crippen molar-refractivity contribution in [3.63, 3.8) is 0 Å². The number of rotatable bonds is 10. The van der Waals surface area contributed by atoms with E-state index < -0.39 is 0 Å². The van der Waals surface area contributed by atoms with Crippen LogP contribution in [-0.4, -0.2) is 50.6 Å². The smallest absolute Gasteiger partial charge is 0.189 e. The van der Waals surface area contributed by atoms with Crippen molar-refractivity contribution in [3.05, 3.63) is 46.0 Å². The van der Waals surface area contributed by atoms with Gasteiger partial charge in [0, 0.05) is 29.9 Å². The fourth-order valence-corrected chi connectivity index (χ4v) is 4.76. The van der Waals surface area contributed by atoms with Crippen LogP contribution in [0, 0.1) is 0 Å². The summed E-state index contributed by atoms with van der Waals surface area (Å²) in [6.07, 6.45) is 10.8. The lowest BCUT2D eigenvalue weighted by molar-refractivity contribution is -0.162. The van der Waals surface area contributed by atoms with Gasteiger partial charge in [0.1, 0.15) is 0 Å². The lowest BCUT2D eigenvalue weighted by Gasteiger charge is -2.23. The Labute approximate surface area is 196 Å². The third-order valence-electron chi connectivity index (χ3n) is 6.56. The van der Waals surface area contributed by atoms with Crippen LogP contribution in [0.3, 0.4) is 0 Å². The minimum Gasteiger partial charge on any atom is -0.353 e. The summed E-state index contributed by atoms with van der Waals surface area (Å²) in [5, 5.41) is 0. The topological polar surface area (TPSA) is 71.1 Å². The van der Waals surface area contributed by atoms with Crippen LogP contribution < -0.4 is 0 Å². The number of carbonyl (C=O) groups excluding carboxylic acids is 2. The van der Waals surface area contributed by atoms with Crippen LogP contribution in [0.5, 0.6) is 0 Å². The van der Waals surface area contributed by atoms with Gasteiger partial charge < -0.3 is 18.9 Å². The highest BCUT2D eigenvalue weighted by atomic mass is 16.7. The molecule has 4 rings (SSSR count). The Morgan fingerprint density at radius 2 is 1.52 bits per heavy atom. The largest absolute Gasteiger partial charge is 0.353 e. The zero-order valence-corrected chi connectivity index (χ0v) is 19.7. The van der Waals surface area contributed by atoms with E-state index in [0.29, 0.717) is 36.3 Å². The fraction of sp³-hybridized carbons (Fsp3) is 0.630. The molecule has 0 radical (unpaired) electrons. The monoisotopic (exact) mass is 456 g/mol. The van der Waals surface area contributed by atoms with E-state index in [1.54, 1.807) is 6.92 Å². The number of allylic oxidation sites excluding steroid dienone is 2. The lowest BCUT2D eigenvalue weighted by Crippen LogP contribution is -2.23. The molecule has 0 N–H and O–H groups in total. The minimum absolute atomic E-state index is 0.0412. The Balaban J connectivity index is 1.38. The number of fused-ring (bicyclic) bond motifs is 1. The van der Waals surface area contributed by atoms with Crippen molar-refractivity contribution in [3.8, 4) is 0 Å². The number of hydrogen-bond donors (Lipinski definition) is 0. The molecular weight excluding hydrogens is 420 g/mol. The van der Waals surface area contributed by atoms with Gasteiger partial charge in [0.05, 0.1) is 13.2 Å². The van der Waals surface area contributed by atoms with E-state index in [9.17, 15) is 9.59 Å². The van der Waals surface area contributed by atoms with Gasteiger partial charge in [-0.2, -0.15) is 0 Å². The van der Waals surface area contributed by atoms with Crippen LogP contribution in [0.4, 0.5) is 0 Å². The molecule has 0 saturated carbocycles. The van der Waals surface area contributed by atoms with E-state index in [4.69, 9.17) is 18.9 Å². The summed E-state index contributed by atoms with van der Waals surface area (Å²) < 4.78 is 23.0. The van der Waals surface area contributed by atoms with Gasteiger partial charge in [-0.25, -0.2) is 0 Å². The first kappa shape index (κ1) is 24.3. The zero-order chi connectivity index (χ0) is 23.0. The number of Topliss-reactive ketones (excluding diaryl/α,β-unsaturated/α-hetero) is 1. The maximum atomic E-state index is 12.9. The summed E-state index contributed by atoms with van der Waals surface area (Å²) in [6, 6.07) is 3.99. The predicted octanol–water partition coefficient (Wildman–Crippen LogP) is 4.96. The van der Waals surface area contributed by atoms with Crippen LogP contribution >= 0.6 is 0 Å². The summed E-state index contributed by atoms with van der Waals surface area (Å²) in [5.74, 6) is -0.121.